The zero-order valence-electron chi connectivity index (χ0n) is 23.0. The molecule has 10 nitrogen and oxygen atoms in total. The van der Waals surface area contributed by atoms with Crippen molar-refractivity contribution in [1.82, 2.24) is 5.32 Å². The lowest BCUT2D eigenvalue weighted by atomic mass is 10.1. The Kier molecular flexibility index (Phi) is 16.1. The van der Waals surface area contributed by atoms with E-state index in [-0.39, 0.29) is 6.42 Å². The van der Waals surface area contributed by atoms with E-state index in [0.29, 0.717) is 24.7 Å². The van der Waals surface area contributed by atoms with Gasteiger partial charge in [-0.3, -0.25) is 4.79 Å². The Balaban J connectivity index is 0.00000105. The maximum atomic E-state index is 11.8. The number of carbonyl (C=O) groups excluding carboxylic acids is 1. The summed E-state index contributed by atoms with van der Waals surface area (Å²) in [5.74, 6) is -0.986. The van der Waals surface area contributed by atoms with Crippen LogP contribution < -0.4 is 15.8 Å². The summed E-state index contributed by atoms with van der Waals surface area (Å²) < 4.78 is 10.8. The number of nitrogens with two attached hydrogens (primary N) is 1. The van der Waals surface area contributed by atoms with Crippen LogP contribution >= 0.6 is 0 Å². The summed E-state index contributed by atoms with van der Waals surface area (Å²) in [5, 5.41) is 27.0. The topological polar surface area (TPSA) is 168 Å². The van der Waals surface area contributed by atoms with Gasteiger partial charge < -0.3 is 35.8 Å². The normalized spacial score (nSPS) is 12.0. The number of carbonyl (C=O) groups is 3. The van der Waals surface area contributed by atoms with Gasteiger partial charge in [-0.2, -0.15) is 0 Å². The first-order valence-electron chi connectivity index (χ1n) is 12.2. The van der Waals surface area contributed by atoms with E-state index >= 15 is 0 Å². The van der Waals surface area contributed by atoms with Crippen LogP contribution in [0.4, 0.5) is 4.79 Å². The van der Waals surface area contributed by atoms with Crippen LogP contribution in [0.1, 0.15) is 52.2 Å². The van der Waals surface area contributed by atoms with E-state index in [1.54, 1.807) is 45.0 Å². The highest BCUT2D eigenvalue weighted by atomic mass is 16.6. The standard InChI is InChI=1S/C21H25NO5.C6H13NO2.BH3O/c1-21(2,3)27-20(25)22-18(19(23)24)13-15-9-11-17(12-10-15)26-14-16-7-5-4-6-8-16;1-4(2)3-5(7)6(8)9;1-2/h4-12,18H,13-14H2,1-3H3,(H,22,25)(H,23,24);4-5H,3,7H2,1-2H3,(H,8,9);2H,1H2/t18-;5-;/m00./s1. The Morgan fingerprint density at radius 3 is 1.89 bits per heavy atom. The fourth-order valence-corrected chi connectivity index (χ4v) is 2.96. The number of aliphatic carboxylic acids is 2. The van der Waals surface area contributed by atoms with E-state index in [9.17, 15) is 19.5 Å². The first kappa shape index (κ1) is 34.4. The average molecular weight is 532 g/mol. The van der Waals surface area contributed by atoms with Gasteiger partial charge in [0.1, 0.15) is 30.0 Å². The second-order valence-corrected chi connectivity index (χ2v) is 9.73. The summed E-state index contributed by atoms with van der Waals surface area (Å²) >= 11 is 0. The van der Waals surface area contributed by atoms with Crippen LogP contribution in [0.3, 0.4) is 0 Å². The lowest BCUT2D eigenvalue weighted by Gasteiger charge is -2.22. The molecule has 0 aromatic heterocycles. The number of amides is 1. The van der Waals surface area contributed by atoms with Crippen LogP contribution in [0.2, 0.25) is 0 Å². The predicted molar refractivity (Wildman–Crippen MR) is 148 cm³/mol. The van der Waals surface area contributed by atoms with Crippen molar-refractivity contribution < 1.29 is 39.1 Å². The molecule has 0 radical (unpaired) electrons. The molecule has 0 saturated carbocycles. The maximum Gasteiger partial charge on any atom is 0.408 e. The maximum absolute atomic E-state index is 11.8. The number of carboxylic acid groups (broad SMARTS) is 2. The SMILES string of the molecule is BO.CC(C)(C)OC(=O)N[C@@H](Cc1ccc(OCc2ccccc2)cc1)C(=O)O.CC(C)C[C@H](N)C(=O)O. The number of benzene rings is 2. The Morgan fingerprint density at radius 2 is 1.47 bits per heavy atom. The van der Waals surface area contributed by atoms with Crippen molar-refractivity contribution in [3.8, 4) is 5.75 Å². The first-order valence-corrected chi connectivity index (χ1v) is 12.2. The van der Waals surface area contributed by atoms with Crippen LogP contribution in [0.5, 0.6) is 5.75 Å². The third-order valence-electron chi connectivity index (χ3n) is 4.64. The molecule has 0 aliphatic carbocycles. The van der Waals surface area contributed by atoms with Gasteiger partial charge in [0.25, 0.3) is 8.05 Å². The van der Waals surface area contributed by atoms with Crippen LogP contribution in [-0.2, 0) is 27.4 Å². The van der Waals surface area contributed by atoms with E-state index in [2.05, 4.69) is 5.32 Å². The van der Waals surface area contributed by atoms with Crippen molar-refractivity contribution in [3.63, 3.8) is 0 Å². The summed E-state index contributed by atoms with van der Waals surface area (Å²) in [6, 6.07) is 15.2. The summed E-state index contributed by atoms with van der Waals surface area (Å²) in [4.78, 5) is 33.4. The van der Waals surface area contributed by atoms with Gasteiger partial charge in [-0.25, -0.2) is 9.59 Å². The van der Waals surface area contributed by atoms with Crippen molar-refractivity contribution >= 4 is 26.1 Å². The lowest BCUT2D eigenvalue weighted by Crippen LogP contribution is -2.44. The average Bonchev–Trinajstić information content (AvgIpc) is 2.84. The molecule has 2 aromatic carbocycles. The molecule has 210 valence electrons. The van der Waals surface area contributed by atoms with Gasteiger partial charge in [-0.15, -0.1) is 0 Å². The van der Waals surface area contributed by atoms with Crippen molar-refractivity contribution in [2.45, 2.75) is 71.8 Å². The molecule has 0 bridgehead atoms. The molecular formula is C27H41BN2O8. The van der Waals surface area contributed by atoms with Crippen LogP contribution in [0.15, 0.2) is 54.6 Å². The molecule has 0 spiro atoms. The molecule has 11 heteroatoms. The minimum Gasteiger partial charge on any atom is -0.489 e. The van der Waals surface area contributed by atoms with Gasteiger partial charge in [-0.05, 0) is 56.4 Å². The summed E-state index contributed by atoms with van der Waals surface area (Å²) in [6.07, 6.45) is -0.0548. The number of hydrogen-bond donors (Lipinski definition) is 5. The van der Waals surface area contributed by atoms with Gasteiger partial charge in [0.2, 0.25) is 0 Å². The highest BCUT2D eigenvalue weighted by molar-refractivity contribution is 5.95. The van der Waals surface area contributed by atoms with Gasteiger partial charge in [-0.1, -0.05) is 56.3 Å². The number of hydrogen-bond acceptors (Lipinski definition) is 7. The lowest BCUT2D eigenvalue weighted by molar-refractivity contribution is -0.140. The van der Waals surface area contributed by atoms with Crippen LogP contribution in [-0.4, -0.2) is 59.0 Å². The van der Waals surface area contributed by atoms with E-state index < -0.39 is 35.7 Å². The van der Waals surface area contributed by atoms with E-state index in [1.165, 1.54) is 0 Å². The highest BCUT2D eigenvalue weighted by Crippen LogP contribution is 2.16. The third kappa shape index (κ3) is 16.2. The van der Waals surface area contributed by atoms with Gasteiger partial charge in [0, 0.05) is 6.42 Å². The Morgan fingerprint density at radius 1 is 0.921 bits per heavy atom. The molecule has 0 saturated heterocycles. The van der Waals surface area contributed by atoms with Crippen LogP contribution in [0.25, 0.3) is 0 Å². The molecule has 0 fully saturated rings. The Bertz CT molecular complexity index is 963. The van der Waals surface area contributed by atoms with E-state index in [4.69, 9.17) is 25.3 Å². The zero-order chi connectivity index (χ0) is 29.3. The Labute approximate surface area is 225 Å². The molecule has 2 aromatic rings. The summed E-state index contributed by atoms with van der Waals surface area (Å²) in [7, 11) is 1.00. The van der Waals surface area contributed by atoms with Gasteiger partial charge in [0.15, 0.2) is 0 Å². The third-order valence-corrected chi connectivity index (χ3v) is 4.64. The molecular weight excluding hydrogens is 491 g/mol. The second-order valence-electron chi connectivity index (χ2n) is 9.73. The quantitative estimate of drug-likeness (QED) is 0.289. The number of nitrogens with one attached hydrogen (secondary N) is 1. The number of rotatable bonds is 10. The largest absolute Gasteiger partial charge is 0.489 e. The minimum atomic E-state index is -1.12. The summed E-state index contributed by atoms with van der Waals surface area (Å²) in [5.41, 5.74) is 6.36. The monoisotopic (exact) mass is 532 g/mol. The van der Waals surface area contributed by atoms with Gasteiger partial charge >= 0.3 is 18.0 Å². The molecule has 1 amide bonds. The molecule has 0 aliphatic rings. The van der Waals surface area contributed by atoms with Crippen molar-refractivity contribution in [2.75, 3.05) is 0 Å². The predicted octanol–water partition coefficient (Wildman–Crippen LogP) is 2.76. The minimum absolute atomic E-state index is 0.146. The van der Waals surface area contributed by atoms with Crippen LogP contribution in [0, 0.1) is 5.92 Å². The molecule has 38 heavy (non-hydrogen) atoms. The molecule has 2 atom stereocenters. The zero-order valence-corrected chi connectivity index (χ0v) is 23.0. The Hall–Kier alpha value is -3.57. The number of alkyl carbamates (subject to hydrolysis) is 1. The fourth-order valence-electron chi connectivity index (χ4n) is 2.96. The second kappa shape index (κ2) is 17.8. The number of ether oxygens (including phenoxy) is 2. The molecule has 0 unspecified atom stereocenters. The summed E-state index contributed by atoms with van der Waals surface area (Å²) in [6.45, 7) is 9.51. The molecule has 6 N–H and O–H groups in total. The first-order chi connectivity index (χ1) is 17.8. The highest BCUT2D eigenvalue weighted by Gasteiger charge is 2.24. The molecule has 2 rings (SSSR count). The fraction of sp³-hybridized carbons (Fsp3) is 0.444. The van der Waals surface area contributed by atoms with E-state index in [0.717, 1.165) is 19.2 Å². The molecule has 0 aliphatic heterocycles. The van der Waals surface area contributed by atoms with E-state index in [1.807, 2.05) is 44.2 Å². The number of carboxylic acids is 2. The molecule has 0 heterocycles. The van der Waals surface area contributed by atoms with Gasteiger partial charge in [0.05, 0.1) is 0 Å². The van der Waals surface area contributed by atoms with Crippen molar-refractivity contribution in [3.05, 3.63) is 65.7 Å². The van der Waals surface area contributed by atoms with Crippen molar-refractivity contribution in [2.24, 2.45) is 11.7 Å². The smallest absolute Gasteiger partial charge is 0.408 e. The van der Waals surface area contributed by atoms with Crippen molar-refractivity contribution in [1.29, 1.82) is 0 Å².